The first kappa shape index (κ1) is 7.28. The largest absolute Gasteiger partial charge is 0.276 e. The monoisotopic (exact) mass is 161 g/mol. The molecule has 2 aromatic heterocycles. The zero-order chi connectivity index (χ0) is 8.55. The van der Waals surface area contributed by atoms with Crippen LogP contribution in [0.1, 0.15) is 25.3 Å². The summed E-state index contributed by atoms with van der Waals surface area (Å²) < 4.78 is 0. The number of aromatic amines is 1. The summed E-state index contributed by atoms with van der Waals surface area (Å²) >= 11 is 0. The standard InChI is InChI=1S/C9H11N3/c1-6(2)7-3-10-5-9-8(7)4-11-12-9/h3-6H,1-2H3,(H,11,12). The molecule has 0 saturated carbocycles. The first-order valence-electron chi connectivity index (χ1n) is 4.06. The molecule has 3 nitrogen and oxygen atoms in total. The number of rotatable bonds is 1. The summed E-state index contributed by atoms with van der Waals surface area (Å²) in [5.74, 6) is 0.499. The van der Waals surface area contributed by atoms with E-state index in [2.05, 4.69) is 29.0 Å². The second-order valence-corrected chi connectivity index (χ2v) is 3.21. The summed E-state index contributed by atoms with van der Waals surface area (Å²) in [6.45, 7) is 4.31. The highest BCUT2D eigenvalue weighted by Crippen LogP contribution is 2.21. The van der Waals surface area contributed by atoms with Gasteiger partial charge in [0.05, 0.1) is 17.9 Å². The van der Waals surface area contributed by atoms with Crippen molar-refractivity contribution in [2.24, 2.45) is 0 Å². The van der Waals surface area contributed by atoms with E-state index in [1.165, 1.54) is 10.9 Å². The number of fused-ring (bicyclic) bond motifs is 1. The van der Waals surface area contributed by atoms with Crippen molar-refractivity contribution >= 4 is 10.9 Å². The Labute approximate surface area is 70.8 Å². The highest BCUT2D eigenvalue weighted by atomic mass is 15.1. The summed E-state index contributed by atoms with van der Waals surface area (Å²) in [4.78, 5) is 4.14. The van der Waals surface area contributed by atoms with Crippen molar-refractivity contribution in [2.45, 2.75) is 19.8 Å². The number of pyridine rings is 1. The first-order chi connectivity index (χ1) is 5.79. The lowest BCUT2D eigenvalue weighted by Gasteiger charge is -2.04. The van der Waals surface area contributed by atoms with E-state index in [4.69, 9.17) is 0 Å². The van der Waals surface area contributed by atoms with Crippen LogP contribution in [0.4, 0.5) is 0 Å². The fraction of sp³-hybridized carbons (Fsp3) is 0.333. The second-order valence-electron chi connectivity index (χ2n) is 3.21. The van der Waals surface area contributed by atoms with Crippen LogP contribution in [0.25, 0.3) is 10.9 Å². The van der Waals surface area contributed by atoms with E-state index in [1.807, 2.05) is 12.4 Å². The Balaban J connectivity index is 2.73. The summed E-state index contributed by atoms with van der Waals surface area (Å²) in [6, 6.07) is 0. The normalized spacial score (nSPS) is 11.2. The molecule has 0 radical (unpaired) electrons. The Morgan fingerprint density at radius 2 is 2.08 bits per heavy atom. The summed E-state index contributed by atoms with van der Waals surface area (Å²) in [7, 11) is 0. The lowest BCUT2D eigenvalue weighted by molar-refractivity contribution is 0.869. The van der Waals surface area contributed by atoms with Gasteiger partial charge in [0, 0.05) is 11.6 Å². The van der Waals surface area contributed by atoms with Crippen LogP contribution < -0.4 is 0 Å². The molecule has 0 atom stereocenters. The number of nitrogens with zero attached hydrogens (tertiary/aromatic N) is 2. The van der Waals surface area contributed by atoms with Crippen LogP contribution in [0.5, 0.6) is 0 Å². The minimum atomic E-state index is 0.499. The molecular weight excluding hydrogens is 150 g/mol. The third-order valence-electron chi connectivity index (χ3n) is 2.02. The zero-order valence-electron chi connectivity index (χ0n) is 7.20. The summed E-state index contributed by atoms with van der Waals surface area (Å²) in [5.41, 5.74) is 2.27. The van der Waals surface area contributed by atoms with Crippen molar-refractivity contribution in [3.05, 3.63) is 24.2 Å². The molecule has 0 bridgehead atoms. The van der Waals surface area contributed by atoms with Crippen LogP contribution in [0.2, 0.25) is 0 Å². The van der Waals surface area contributed by atoms with Crippen molar-refractivity contribution < 1.29 is 0 Å². The van der Waals surface area contributed by atoms with Gasteiger partial charge in [-0.2, -0.15) is 5.10 Å². The predicted molar refractivity (Wildman–Crippen MR) is 48.0 cm³/mol. The van der Waals surface area contributed by atoms with Gasteiger partial charge in [-0.05, 0) is 11.5 Å². The fourth-order valence-corrected chi connectivity index (χ4v) is 1.35. The lowest BCUT2D eigenvalue weighted by atomic mass is 10.0. The van der Waals surface area contributed by atoms with E-state index >= 15 is 0 Å². The van der Waals surface area contributed by atoms with Crippen molar-refractivity contribution in [2.75, 3.05) is 0 Å². The molecular formula is C9H11N3. The van der Waals surface area contributed by atoms with Gasteiger partial charge in [0.25, 0.3) is 0 Å². The number of hydrogen-bond donors (Lipinski definition) is 1. The van der Waals surface area contributed by atoms with Crippen LogP contribution in [-0.4, -0.2) is 15.2 Å². The van der Waals surface area contributed by atoms with Gasteiger partial charge in [-0.25, -0.2) is 0 Å². The molecule has 0 spiro atoms. The second kappa shape index (κ2) is 2.59. The number of hydrogen-bond acceptors (Lipinski definition) is 2. The average Bonchev–Trinajstić information content (AvgIpc) is 2.49. The van der Waals surface area contributed by atoms with Gasteiger partial charge >= 0.3 is 0 Å². The van der Waals surface area contributed by atoms with Crippen LogP contribution in [0, 0.1) is 0 Å². The number of nitrogens with one attached hydrogen (secondary N) is 1. The Bertz CT molecular complexity index is 389. The third kappa shape index (κ3) is 0.978. The van der Waals surface area contributed by atoms with E-state index in [0.717, 1.165) is 5.52 Å². The predicted octanol–water partition coefficient (Wildman–Crippen LogP) is 2.08. The Hall–Kier alpha value is -1.38. The molecule has 0 fully saturated rings. The summed E-state index contributed by atoms with van der Waals surface area (Å²) in [6.07, 6.45) is 5.56. The van der Waals surface area contributed by atoms with Gasteiger partial charge in [0.2, 0.25) is 0 Å². The van der Waals surface area contributed by atoms with Gasteiger partial charge in [-0.3, -0.25) is 10.1 Å². The zero-order valence-corrected chi connectivity index (χ0v) is 7.20. The number of aromatic nitrogens is 3. The smallest absolute Gasteiger partial charge is 0.0836 e. The minimum Gasteiger partial charge on any atom is -0.276 e. The van der Waals surface area contributed by atoms with Gasteiger partial charge < -0.3 is 0 Å². The lowest BCUT2D eigenvalue weighted by Crippen LogP contribution is -1.88. The highest BCUT2D eigenvalue weighted by molar-refractivity contribution is 5.80. The van der Waals surface area contributed by atoms with Gasteiger partial charge in [0.15, 0.2) is 0 Å². The Kier molecular flexibility index (Phi) is 1.57. The van der Waals surface area contributed by atoms with Gasteiger partial charge in [-0.15, -0.1) is 0 Å². The van der Waals surface area contributed by atoms with Crippen molar-refractivity contribution in [3.8, 4) is 0 Å². The van der Waals surface area contributed by atoms with Crippen LogP contribution in [0.3, 0.4) is 0 Å². The molecule has 3 heteroatoms. The Morgan fingerprint density at radius 3 is 2.83 bits per heavy atom. The molecule has 0 aliphatic rings. The summed E-state index contributed by atoms with van der Waals surface area (Å²) in [5, 5.41) is 8.06. The molecule has 0 aromatic carbocycles. The topological polar surface area (TPSA) is 41.6 Å². The van der Waals surface area contributed by atoms with Crippen LogP contribution in [0.15, 0.2) is 18.6 Å². The van der Waals surface area contributed by atoms with E-state index in [0.29, 0.717) is 5.92 Å². The highest BCUT2D eigenvalue weighted by Gasteiger charge is 2.05. The minimum absolute atomic E-state index is 0.499. The quantitative estimate of drug-likeness (QED) is 0.695. The average molecular weight is 161 g/mol. The SMILES string of the molecule is CC(C)c1cncc2[nH]ncc12. The maximum Gasteiger partial charge on any atom is 0.0836 e. The van der Waals surface area contributed by atoms with Crippen LogP contribution >= 0.6 is 0 Å². The number of H-pyrrole nitrogens is 1. The fourth-order valence-electron chi connectivity index (χ4n) is 1.35. The molecule has 1 N–H and O–H groups in total. The molecule has 12 heavy (non-hydrogen) atoms. The molecule has 62 valence electrons. The molecule has 0 amide bonds. The molecule has 2 rings (SSSR count). The molecule has 0 aliphatic heterocycles. The Morgan fingerprint density at radius 1 is 1.25 bits per heavy atom. The van der Waals surface area contributed by atoms with Crippen molar-refractivity contribution in [1.29, 1.82) is 0 Å². The first-order valence-corrected chi connectivity index (χ1v) is 4.06. The van der Waals surface area contributed by atoms with Crippen molar-refractivity contribution in [1.82, 2.24) is 15.2 Å². The molecule has 2 aromatic rings. The van der Waals surface area contributed by atoms with E-state index < -0.39 is 0 Å². The molecule has 2 heterocycles. The van der Waals surface area contributed by atoms with Gasteiger partial charge in [0.1, 0.15) is 0 Å². The molecule has 0 aliphatic carbocycles. The van der Waals surface area contributed by atoms with Crippen molar-refractivity contribution in [3.63, 3.8) is 0 Å². The van der Waals surface area contributed by atoms with E-state index in [-0.39, 0.29) is 0 Å². The van der Waals surface area contributed by atoms with E-state index in [9.17, 15) is 0 Å². The molecule has 0 unspecified atom stereocenters. The maximum atomic E-state index is 4.14. The third-order valence-corrected chi connectivity index (χ3v) is 2.02. The van der Waals surface area contributed by atoms with E-state index in [1.54, 1.807) is 6.20 Å². The molecule has 0 saturated heterocycles. The van der Waals surface area contributed by atoms with Gasteiger partial charge in [-0.1, -0.05) is 13.8 Å². The van der Waals surface area contributed by atoms with Crippen LogP contribution in [-0.2, 0) is 0 Å². The maximum absolute atomic E-state index is 4.14.